The molecule has 1 aliphatic heterocycles. The Kier molecular flexibility index (Phi) is 4.16. The fourth-order valence-electron chi connectivity index (χ4n) is 2.83. The van der Waals surface area contributed by atoms with E-state index in [0.717, 1.165) is 28.1 Å². The molecule has 0 atom stereocenters. The van der Waals surface area contributed by atoms with Gasteiger partial charge in [-0.15, -0.1) is 0 Å². The molecule has 3 N–H and O–H groups in total. The zero-order valence-electron chi connectivity index (χ0n) is 13.8. The molecule has 1 amide bonds. The quantitative estimate of drug-likeness (QED) is 0.578. The summed E-state index contributed by atoms with van der Waals surface area (Å²) in [7, 11) is 1.60. The van der Waals surface area contributed by atoms with Crippen molar-refractivity contribution in [3.8, 4) is 5.75 Å². The van der Waals surface area contributed by atoms with Crippen molar-refractivity contribution >= 4 is 23.2 Å². The fourth-order valence-corrected chi connectivity index (χ4v) is 2.83. The number of fused-ring (bicyclic) bond motifs is 1. The molecule has 0 radical (unpaired) electrons. The van der Waals surface area contributed by atoms with Gasteiger partial charge in [0.15, 0.2) is 0 Å². The summed E-state index contributed by atoms with van der Waals surface area (Å²) in [6.45, 7) is 5.51. The molecule has 0 unspecified atom stereocenters. The highest BCUT2D eigenvalue weighted by Crippen LogP contribution is 2.36. The highest BCUT2D eigenvalue weighted by Gasteiger charge is 2.25. The smallest absolute Gasteiger partial charge is 0.256 e. The summed E-state index contributed by atoms with van der Waals surface area (Å²) >= 11 is 0. The van der Waals surface area contributed by atoms with E-state index in [2.05, 4.69) is 16.9 Å². The number of H-pyrrole nitrogens is 1. The highest BCUT2D eigenvalue weighted by atomic mass is 16.5. The second-order valence-electron chi connectivity index (χ2n) is 5.84. The van der Waals surface area contributed by atoms with Crippen molar-refractivity contribution in [3.05, 3.63) is 59.1 Å². The van der Waals surface area contributed by atoms with Crippen LogP contribution in [0.15, 0.2) is 36.7 Å². The molecule has 24 heavy (non-hydrogen) atoms. The monoisotopic (exact) mass is 324 g/mol. The Labute approximate surface area is 140 Å². The number of nitrogens with one attached hydrogen (secondary N) is 2. The number of aliphatic hydroxyl groups excluding tert-OH is 1. The molecule has 1 aliphatic rings. The van der Waals surface area contributed by atoms with Crippen LogP contribution in [-0.4, -0.2) is 23.1 Å². The number of rotatable bonds is 5. The molecule has 5 heteroatoms. The first-order chi connectivity index (χ1) is 11.5. The molecular weight excluding hydrogens is 304 g/mol. The fraction of sp³-hybridized carbons (Fsp3) is 0.211. The minimum atomic E-state index is -0.127. The lowest BCUT2D eigenvalue weighted by Gasteiger charge is -2.03. The topological polar surface area (TPSA) is 74.3 Å². The van der Waals surface area contributed by atoms with Crippen LogP contribution >= 0.6 is 0 Å². The zero-order valence-corrected chi connectivity index (χ0v) is 13.8. The van der Waals surface area contributed by atoms with E-state index in [1.165, 1.54) is 0 Å². The number of hydrogen-bond acceptors (Lipinski definition) is 3. The number of carbonyl (C=O) groups is 1. The Morgan fingerprint density at radius 2 is 2.21 bits per heavy atom. The zero-order chi connectivity index (χ0) is 17.3. The third kappa shape index (κ3) is 2.93. The van der Waals surface area contributed by atoms with E-state index in [9.17, 15) is 9.90 Å². The molecule has 0 fully saturated rings. The Bertz CT molecular complexity index is 846. The van der Waals surface area contributed by atoms with Gasteiger partial charge in [-0.1, -0.05) is 6.58 Å². The molecule has 124 valence electrons. The van der Waals surface area contributed by atoms with Gasteiger partial charge >= 0.3 is 0 Å². The standard InChI is InChI=1S/C19H20N2O3/c1-11(22)4-5-13-10-20-17(12(13)2)9-16-15-7-6-14(24-3)8-18(15)21-19(16)23/h6-10,20,22H,1,4-5H2,2-3H3,(H,21,23)/b16-9-. The maximum atomic E-state index is 12.3. The van der Waals surface area contributed by atoms with Crippen LogP contribution < -0.4 is 10.1 Å². The van der Waals surface area contributed by atoms with Gasteiger partial charge in [0.05, 0.1) is 24.1 Å². The summed E-state index contributed by atoms with van der Waals surface area (Å²) in [4.78, 5) is 15.5. The lowest BCUT2D eigenvalue weighted by atomic mass is 10.0. The molecule has 0 aliphatic carbocycles. The largest absolute Gasteiger partial charge is 0.513 e. The third-order valence-electron chi connectivity index (χ3n) is 4.27. The number of methoxy groups -OCH3 is 1. The van der Waals surface area contributed by atoms with Gasteiger partial charge < -0.3 is 20.1 Å². The number of aryl methyl sites for hydroxylation is 1. The van der Waals surface area contributed by atoms with E-state index in [4.69, 9.17) is 4.74 Å². The molecule has 1 aromatic heterocycles. The Morgan fingerprint density at radius 1 is 1.42 bits per heavy atom. The summed E-state index contributed by atoms with van der Waals surface area (Å²) in [5.74, 6) is 0.754. The second-order valence-corrected chi connectivity index (χ2v) is 5.84. The number of aromatic amines is 1. The number of aromatic nitrogens is 1. The molecule has 2 heterocycles. The predicted octanol–water partition coefficient (Wildman–Crippen LogP) is 3.83. The van der Waals surface area contributed by atoms with Crippen LogP contribution in [0.3, 0.4) is 0 Å². The SMILES string of the molecule is C=C(O)CCc1c[nH]c(/C=C2\C(=O)Nc3cc(OC)ccc32)c1C. The average Bonchev–Trinajstić information content (AvgIpc) is 3.06. The predicted molar refractivity (Wildman–Crippen MR) is 95.1 cm³/mol. The molecule has 0 saturated heterocycles. The number of hydrogen-bond donors (Lipinski definition) is 3. The van der Waals surface area contributed by atoms with Crippen molar-refractivity contribution in [2.24, 2.45) is 0 Å². The van der Waals surface area contributed by atoms with E-state index in [0.29, 0.717) is 24.2 Å². The lowest BCUT2D eigenvalue weighted by Crippen LogP contribution is -2.03. The van der Waals surface area contributed by atoms with Crippen molar-refractivity contribution in [1.29, 1.82) is 0 Å². The number of carbonyl (C=O) groups excluding carboxylic acids is 1. The van der Waals surface area contributed by atoms with E-state index in [1.54, 1.807) is 7.11 Å². The molecule has 5 nitrogen and oxygen atoms in total. The van der Waals surface area contributed by atoms with Gasteiger partial charge in [0, 0.05) is 29.9 Å². The Balaban J connectivity index is 1.93. The molecule has 3 rings (SSSR count). The van der Waals surface area contributed by atoms with Crippen molar-refractivity contribution in [2.45, 2.75) is 19.8 Å². The molecule has 0 bridgehead atoms. The van der Waals surface area contributed by atoms with Crippen LogP contribution in [-0.2, 0) is 11.2 Å². The molecular formula is C19H20N2O3. The van der Waals surface area contributed by atoms with Crippen molar-refractivity contribution in [1.82, 2.24) is 4.98 Å². The van der Waals surface area contributed by atoms with Crippen molar-refractivity contribution < 1.29 is 14.6 Å². The minimum absolute atomic E-state index is 0.127. The number of allylic oxidation sites excluding steroid dienone is 1. The molecule has 0 saturated carbocycles. The highest BCUT2D eigenvalue weighted by molar-refractivity contribution is 6.34. The van der Waals surface area contributed by atoms with Gasteiger partial charge in [-0.25, -0.2) is 0 Å². The van der Waals surface area contributed by atoms with Crippen LogP contribution in [0, 0.1) is 6.92 Å². The van der Waals surface area contributed by atoms with E-state index in [1.807, 2.05) is 37.4 Å². The first-order valence-electron chi connectivity index (χ1n) is 7.74. The summed E-state index contributed by atoms with van der Waals surface area (Å²) in [6, 6.07) is 5.54. The van der Waals surface area contributed by atoms with E-state index >= 15 is 0 Å². The first-order valence-corrected chi connectivity index (χ1v) is 7.74. The van der Waals surface area contributed by atoms with Crippen LogP contribution in [0.5, 0.6) is 5.75 Å². The summed E-state index contributed by atoms with van der Waals surface area (Å²) in [5, 5.41) is 12.1. The maximum absolute atomic E-state index is 12.3. The number of ether oxygens (including phenoxy) is 1. The van der Waals surface area contributed by atoms with Gasteiger partial charge in [-0.2, -0.15) is 0 Å². The van der Waals surface area contributed by atoms with Crippen LogP contribution in [0.4, 0.5) is 5.69 Å². The van der Waals surface area contributed by atoms with Gasteiger partial charge in [-0.05, 0) is 42.7 Å². The summed E-state index contributed by atoms with van der Waals surface area (Å²) < 4.78 is 5.19. The van der Waals surface area contributed by atoms with Gasteiger partial charge in [0.2, 0.25) is 0 Å². The lowest BCUT2D eigenvalue weighted by molar-refractivity contribution is -0.110. The summed E-state index contributed by atoms with van der Waals surface area (Å²) in [6.07, 6.45) is 5.01. The van der Waals surface area contributed by atoms with Crippen LogP contribution in [0.2, 0.25) is 0 Å². The molecule has 1 aromatic carbocycles. The van der Waals surface area contributed by atoms with E-state index in [-0.39, 0.29) is 11.7 Å². The van der Waals surface area contributed by atoms with Crippen molar-refractivity contribution in [2.75, 3.05) is 12.4 Å². The van der Waals surface area contributed by atoms with Gasteiger partial charge in [0.25, 0.3) is 5.91 Å². The average molecular weight is 324 g/mol. The number of anilines is 1. The van der Waals surface area contributed by atoms with Gasteiger partial charge in [0.1, 0.15) is 5.75 Å². The van der Waals surface area contributed by atoms with Crippen LogP contribution in [0.1, 0.15) is 28.8 Å². The molecule has 2 aromatic rings. The number of aliphatic hydroxyl groups is 1. The summed E-state index contributed by atoms with van der Waals surface area (Å²) in [5.41, 5.74) is 5.30. The van der Waals surface area contributed by atoms with Crippen LogP contribution in [0.25, 0.3) is 11.6 Å². The van der Waals surface area contributed by atoms with Crippen molar-refractivity contribution in [3.63, 3.8) is 0 Å². The Morgan fingerprint density at radius 3 is 2.92 bits per heavy atom. The van der Waals surface area contributed by atoms with Gasteiger partial charge in [-0.3, -0.25) is 4.79 Å². The third-order valence-corrected chi connectivity index (χ3v) is 4.27. The normalized spacial score (nSPS) is 14.6. The van der Waals surface area contributed by atoms with E-state index < -0.39 is 0 Å². The second kappa shape index (κ2) is 6.28. The first kappa shape index (κ1) is 15.9. The number of amides is 1. The minimum Gasteiger partial charge on any atom is -0.513 e. The molecule has 0 spiro atoms. The number of benzene rings is 1. The maximum Gasteiger partial charge on any atom is 0.256 e. The Hall–Kier alpha value is -2.95.